The molecule has 0 saturated carbocycles. The molecule has 5 heteroatoms. The first-order valence-corrected chi connectivity index (χ1v) is 7.69. The Bertz CT molecular complexity index is 660. The highest BCUT2D eigenvalue weighted by Gasteiger charge is 2.19. The molecule has 0 atom stereocenters. The third-order valence-electron chi connectivity index (χ3n) is 3.85. The monoisotopic (exact) mass is 296 g/mol. The number of ketones is 1. The molecule has 2 aromatic rings. The number of rotatable bonds is 3. The van der Waals surface area contributed by atoms with Crippen molar-refractivity contribution in [1.29, 1.82) is 0 Å². The van der Waals surface area contributed by atoms with Crippen LogP contribution >= 0.6 is 0 Å². The Labute approximate surface area is 130 Å². The Morgan fingerprint density at radius 2 is 1.95 bits per heavy atom. The molecular formula is C17H20N4O. The largest absolute Gasteiger partial charge is 0.356 e. The van der Waals surface area contributed by atoms with Crippen molar-refractivity contribution in [3.05, 3.63) is 36.4 Å². The van der Waals surface area contributed by atoms with Gasteiger partial charge in [0.15, 0.2) is 0 Å². The number of piperidine rings is 1. The molecule has 1 aliphatic rings. The van der Waals surface area contributed by atoms with E-state index in [0.717, 1.165) is 36.0 Å². The van der Waals surface area contributed by atoms with Crippen LogP contribution < -0.4 is 4.90 Å². The van der Waals surface area contributed by atoms with Crippen molar-refractivity contribution >= 4 is 11.6 Å². The minimum Gasteiger partial charge on any atom is -0.356 e. The molecule has 3 rings (SSSR count). The fourth-order valence-corrected chi connectivity index (χ4v) is 2.52. The Hall–Kier alpha value is -2.30. The van der Waals surface area contributed by atoms with Gasteiger partial charge < -0.3 is 4.90 Å². The van der Waals surface area contributed by atoms with Crippen molar-refractivity contribution in [2.75, 3.05) is 18.0 Å². The Kier molecular flexibility index (Phi) is 4.13. The zero-order valence-corrected chi connectivity index (χ0v) is 13.0. The van der Waals surface area contributed by atoms with Gasteiger partial charge >= 0.3 is 0 Å². The van der Waals surface area contributed by atoms with Gasteiger partial charge in [-0.3, -0.25) is 9.78 Å². The maximum Gasteiger partial charge on any atom is 0.136 e. The van der Waals surface area contributed by atoms with Crippen molar-refractivity contribution in [3.63, 3.8) is 0 Å². The summed E-state index contributed by atoms with van der Waals surface area (Å²) in [5.41, 5.74) is 1.87. The lowest BCUT2D eigenvalue weighted by Crippen LogP contribution is -2.34. The molecule has 1 fully saturated rings. The number of aromatic nitrogens is 3. The van der Waals surface area contributed by atoms with Gasteiger partial charge in [-0.25, -0.2) is 9.97 Å². The van der Waals surface area contributed by atoms with Gasteiger partial charge in [0, 0.05) is 55.9 Å². The minimum absolute atomic E-state index is 0.252. The number of hydrogen-bond acceptors (Lipinski definition) is 5. The summed E-state index contributed by atoms with van der Waals surface area (Å²) in [4.78, 5) is 27.1. The number of carbonyl (C=O) groups is 1. The van der Waals surface area contributed by atoms with Gasteiger partial charge in [-0.15, -0.1) is 0 Å². The SMILES string of the molecule is CC(C)c1nc(-c2cccnc2)cc(N2CCC(=O)CC2)n1. The number of nitrogens with zero attached hydrogens (tertiary/aromatic N) is 4. The van der Waals surface area contributed by atoms with E-state index in [1.165, 1.54) is 0 Å². The van der Waals surface area contributed by atoms with Crippen LogP contribution in [-0.4, -0.2) is 33.8 Å². The summed E-state index contributed by atoms with van der Waals surface area (Å²) >= 11 is 0. The van der Waals surface area contributed by atoms with Gasteiger partial charge in [-0.2, -0.15) is 0 Å². The van der Waals surface area contributed by atoms with Crippen LogP contribution in [0.2, 0.25) is 0 Å². The third-order valence-corrected chi connectivity index (χ3v) is 3.85. The van der Waals surface area contributed by atoms with Gasteiger partial charge in [0.05, 0.1) is 5.69 Å². The molecule has 0 aliphatic carbocycles. The van der Waals surface area contributed by atoms with Gasteiger partial charge in [0.2, 0.25) is 0 Å². The third kappa shape index (κ3) is 3.13. The van der Waals surface area contributed by atoms with E-state index >= 15 is 0 Å². The highest BCUT2D eigenvalue weighted by molar-refractivity contribution is 5.81. The van der Waals surface area contributed by atoms with Gasteiger partial charge in [-0.1, -0.05) is 13.8 Å². The van der Waals surface area contributed by atoms with Crippen LogP contribution in [0.1, 0.15) is 38.4 Å². The van der Waals surface area contributed by atoms with Crippen molar-refractivity contribution in [2.24, 2.45) is 0 Å². The predicted molar refractivity (Wildman–Crippen MR) is 85.8 cm³/mol. The summed E-state index contributed by atoms with van der Waals surface area (Å²) in [6.07, 6.45) is 4.77. The molecule has 0 radical (unpaired) electrons. The molecule has 0 aromatic carbocycles. The Morgan fingerprint density at radius 3 is 2.59 bits per heavy atom. The lowest BCUT2D eigenvalue weighted by molar-refractivity contribution is -0.119. The number of hydrogen-bond donors (Lipinski definition) is 0. The van der Waals surface area contributed by atoms with Gasteiger partial charge in [0.25, 0.3) is 0 Å². The molecule has 3 heterocycles. The molecule has 1 saturated heterocycles. The maximum atomic E-state index is 11.4. The van der Waals surface area contributed by atoms with Crippen molar-refractivity contribution in [3.8, 4) is 11.3 Å². The average molecular weight is 296 g/mol. The zero-order chi connectivity index (χ0) is 15.5. The number of pyridine rings is 1. The topological polar surface area (TPSA) is 59.0 Å². The maximum absolute atomic E-state index is 11.4. The van der Waals surface area contributed by atoms with Crippen LogP contribution in [0.3, 0.4) is 0 Å². The first-order valence-electron chi connectivity index (χ1n) is 7.69. The summed E-state index contributed by atoms with van der Waals surface area (Å²) in [6, 6.07) is 5.91. The molecule has 5 nitrogen and oxygen atoms in total. The number of anilines is 1. The Morgan fingerprint density at radius 1 is 1.18 bits per heavy atom. The van der Waals surface area contributed by atoms with Gasteiger partial charge in [-0.05, 0) is 12.1 Å². The van der Waals surface area contributed by atoms with Crippen molar-refractivity contribution in [1.82, 2.24) is 15.0 Å². The molecule has 0 N–H and O–H groups in total. The van der Waals surface area contributed by atoms with Crippen LogP contribution in [0.25, 0.3) is 11.3 Å². The van der Waals surface area contributed by atoms with Crippen LogP contribution in [0.4, 0.5) is 5.82 Å². The fraction of sp³-hybridized carbons (Fsp3) is 0.412. The molecular weight excluding hydrogens is 276 g/mol. The molecule has 22 heavy (non-hydrogen) atoms. The summed E-state index contributed by atoms with van der Waals surface area (Å²) < 4.78 is 0. The second-order valence-electron chi connectivity index (χ2n) is 5.89. The number of Topliss-reactive ketones (excluding diaryl/α,β-unsaturated/α-hetero) is 1. The summed E-state index contributed by atoms with van der Waals surface area (Å²) in [6.45, 7) is 5.65. The van der Waals surface area contributed by atoms with E-state index in [4.69, 9.17) is 4.98 Å². The molecule has 2 aromatic heterocycles. The van der Waals surface area contributed by atoms with E-state index in [-0.39, 0.29) is 5.92 Å². The smallest absolute Gasteiger partial charge is 0.136 e. The fourth-order valence-electron chi connectivity index (χ4n) is 2.52. The lowest BCUT2D eigenvalue weighted by atomic mass is 10.1. The predicted octanol–water partition coefficient (Wildman–Crippen LogP) is 2.83. The van der Waals surface area contributed by atoms with Gasteiger partial charge in [0.1, 0.15) is 17.4 Å². The standard InChI is InChI=1S/C17H20N4O/c1-12(2)17-19-15(13-4-3-7-18-11-13)10-16(20-17)21-8-5-14(22)6-9-21/h3-4,7,10-12H,5-6,8-9H2,1-2H3. The quantitative estimate of drug-likeness (QED) is 0.871. The van der Waals surface area contributed by atoms with Crippen LogP contribution in [-0.2, 0) is 4.79 Å². The van der Waals surface area contributed by atoms with E-state index in [2.05, 4.69) is 28.7 Å². The second-order valence-corrected chi connectivity index (χ2v) is 5.89. The van der Waals surface area contributed by atoms with E-state index in [0.29, 0.717) is 18.6 Å². The molecule has 114 valence electrons. The highest BCUT2D eigenvalue weighted by atomic mass is 16.1. The second kappa shape index (κ2) is 6.22. The van der Waals surface area contributed by atoms with Crippen LogP contribution in [0.5, 0.6) is 0 Å². The van der Waals surface area contributed by atoms with Crippen LogP contribution in [0, 0.1) is 0 Å². The van der Waals surface area contributed by atoms with Crippen LogP contribution in [0.15, 0.2) is 30.6 Å². The van der Waals surface area contributed by atoms with E-state index in [1.807, 2.05) is 24.4 Å². The molecule has 0 unspecified atom stereocenters. The highest BCUT2D eigenvalue weighted by Crippen LogP contribution is 2.25. The lowest BCUT2D eigenvalue weighted by Gasteiger charge is -2.28. The summed E-state index contributed by atoms with van der Waals surface area (Å²) in [5.74, 6) is 2.32. The first kappa shape index (κ1) is 14.6. The summed E-state index contributed by atoms with van der Waals surface area (Å²) in [7, 11) is 0. The zero-order valence-electron chi connectivity index (χ0n) is 13.0. The van der Waals surface area contributed by atoms with E-state index < -0.39 is 0 Å². The van der Waals surface area contributed by atoms with E-state index in [1.54, 1.807) is 6.20 Å². The Balaban J connectivity index is 1.99. The summed E-state index contributed by atoms with van der Waals surface area (Å²) in [5, 5.41) is 0. The molecule has 1 aliphatic heterocycles. The normalized spacial score (nSPS) is 15.4. The molecule has 0 spiro atoms. The first-order chi connectivity index (χ1) is 10.6. The molecule has 0 bridgehead atoms. The molecule has 0 amide bonds. The van der Waals surface area contributed by atoms with E-state index in [9.17, 15) is 4.79 Å². The van der Waals surface area contributed by atoms with Crippen molar-refractivity contribution < 1.29 is 4.79 Å². The average Bonchev–Trinajstić information content (AvgIpc) is 2.56. The minimum atomic E-state index is 0.252. The van der Waals surface area contributed by atoms with Crippen molar-refractivity contribution in [2.45, 2.75) is 32.6 Å². The number of carbonyl (C=O) groups excluding carboxylic acids is 1.